The Hall–Kier alpha value is -1.43. The molecule has 0 fully saturated rings. The Morgan fingerprint density at radius 1 is 1.73 bits per heavy atom. The Morgan fingerprint density at radius 2 is 2.53 bits per heavy atom. The number of methoxy groups -OCH3 is 1. The predicted molar refractivity (Wildman–Crippen MR) is 52.1 cm³/mol. The topological polar surface area (TPSA) is 77.2 Å². The van der Waals surface area contributed by atoms with Crippen LogP contribution >= 0.6 is 0 Å². The van der Waals surface area contributed by atoms with Crippen LogP contribution in [0.5, 0.6) is 0 Å². The van der Waals surface area contributed by atoms with Crippen LogP contribution in [0.2, 0.25) is 0 Å². The third-order valence-corrected chi connectivity index (χ3v) is 1.98. The van der Waals surface area contributed by atoms with Crippen LogP contribution in [0, 0.1) is 5.92 Å². The molecule has 1 aromatic rings. The second kappa shape index (κ2) is 6.13. The van der Waals surface area contributed by atoms with Crippen molar-refractivity contribution in [3.8, 4) is 0 Å². The molecule has 15 heavy (non-hydrogen) atoms. The van der Waals surface area contributed by atoms with E-state index in [0.717, 1.165) is 0 Å². The summed E-state index contributed by atoms with van der Waals surface area (Å²) in [6.07, 6.45) is 2.03. The molecular formula is C9H15N3O3. The molecule has 0 radical (unpaired) electrons. The van der Waals surface area contributed by atoms with Gasteiger partial charge in [0.1, 0.15) is 0 Å². The molecule has 0 saturated heterocycles. The largest absolute Gasteiger partial charge is 0.469 e. The number of carbonyl (C=O) groups excluding carboxylic acids is 1. The van der Waals surface area contributed by atoms with Crippen molar-refractivity contribution in [2.24, 2.45) is 5.92 Å². The zero-order valence-electron chi connectivity index (χ0n) is 8.90. The van der Waals surface area contributed by atoms with E-state index in [1.54, 1.807) is 0 Å². The maximum Gasteiger partial charge on any atom is 0.309 e. The van der Waals surface area contributed by atoms with E-state index in [1.807, 2.05) is 6.92 Å². The van der Waals surface area contributed by atoms with Crippen molar-refractivity contribution < 1.29 is 14.1 Å². The monoisotopic (exact) mass is 213 g/mol. The molecule has 0 saturated carbocycles. The van der Waals surface area contributed by atoms with Gasteiger partial charge in [0.15, 0.2) is 6.33 Å². The second-order valence-corrected chi connectivity index (χ2v) is 3.21. The zero-order chi connectivity index (χ0) is 11.1. The molecule has 0 aliphatic carbocycles. The molecule has 1 atom stereocenters. The Kier molecular flexibility index (Phi) is 4.76. The van der Waals surface area contributed by atoms with Crippen molar-refractivity contribution in [2.45, 2.75) is 13.3 Å². The Labute approximate surface area is 88.0 Å². The number of ether oxygens (including phenoxy) is 1. The molecule has 1 aromatic heterocycles. The van der Waals surface area contributed by atoms with E-state index >= 15 is 0 Å². The molecular weight excluding hydrogens is 198 g/mol. The van der Waals surface area contributed by atoms with Gasteiger partial charge in [-0.1, -0.05) is 12.1 Å². The molecule has 1 unspecified atom stereocenters. The molecule has 1 rings (SSSR count). The number of carbonyl (C=O) groups is 1. The first-order valence-electron chi connectivity index (χ1n) is 4.78. The van der Waals surface area contributed by atoms with Crippen molar-refractivity contribution in [3.05, 3.63) is 12.2 Å². The molecule has 0 bridgehead atoms. The standard InChI is InChI=1S/C9H15N3O3/c1-7(9(13)14-2)5-10-4-3-8-11-6-12-15-8/h6-7,10H,3-5H2,1-2H3. The van der Waals surface area contributed by atoms with Crippen molar-refractivity contribution in [1.82, 2.24) is 15.5 Å². The lowest BCUT2D eigenvalue weighted by Crippen LogP contribution is -2.28. The maximum atomic E-state index is 11.0. The highest BCUT2D eigenvalue weighted by Crippen LogP contribution is 1.96. The summed E-state index contributed by atoms with van der Waals surface area (Å²) in [6, 6.07) is 0. The van der Waals surface area contributed by atoms with Crippen molar-refractivity contribution >= 4 is 5.97 Å². The molecule has 0 spiro atoms. The first-order chi connectivity index (χ1) is 7.24. The molecule has 1 heterocycles. The van der Waals surface area contributed by atoms with Gasteiger partial charge in [0.25, 0.3) is 0 Å². The third kappa shape index (κ3) is 4.07. The number of nitrogens with one attached hydrogen (secondary N) is 1. The number of hydrogen-bond acceptors (Lipinski definition) is 6. The average molecular weight is 213 g/mol. The smallest absolute Gasteiger partial charge is 0.309 e. The SMILES string of the molecule is COC(=O)C(C)CNCCc1ncno1. The van der Waals surface area contributed by atoms with Gasteiger partial charge >= 0.3 is 5.97 Å². The summed E-state index contributed by atoms with van der Waals surface area (Å²) in [5, 5.41) is 6.60. The summed E-state index contributed by atoms with van der Waals surface area (Å²) in [7, 11) is 1.39. The minimum Gasteiger partial charge on any atom is -0.469 e. The van der Waals surface area contributed by atoms with Crippen LogP contribution < -0.4 is 5.32 Å². The average Bonchev–Trinajstić information content (AvgIpc) is 2.75. The highest BCUT2D eigenvalue weighted by Gasteiger charge is 2.11. The van der Waals surface area contributed by atoms with Gasteiger partial charge in [0.05, 0.1) is 13.0 Å². The fraction of sp³-hybridized carbons (Fsp3) is 0.667. The Morgan fingerprint density at radius 3 is 3.13 bits per heavy atom. The van der Waals surface area contributed by atoms with Gasteiger partial charge in [-0.25, -0.2) is 0 Å². The summed E-state index contributed by atoms with van der Waals surface area (Å²) in [5.41, 5.74) is 0. The van der Waals surface area contributed by atoms with Crippen molar-refractivity contribution in [3.63, 3.8) is 0 Å². The predicted octanol–water partition coefficient (Wildman–Crippen LogP) is 0.0108. The lowest BCUT2D eigenvalue weighted by atomic mass is 10.2. The van der Waals surface area contributed by atoms with E-state index in [1.165, 1.54) is 13.4 Å². The van der Waals surface area contributed by atoms with Crippen LogP contribution in [-0.2, 0) is 16.0 Å². The van der Waals surface area contributed by atoms with E-state index in [0.29, 0.717) is 25.4 Å². The normalized spacial score (nSPS) is 12.4. The Balaban J connectivity index is 2.09. The second-order valence-electron chi connectivity index (χ2n) is 3.21. The quantitative estimate of drug-likeness (QED) is 0.530. The van der Waals surface area contributed by atoms with Crippen LogP contribution in [0.3, 0.4) is 0 Å². The van der Waals surface area contributed by atoms with Crippen LogP contribution in [0.4, 0.5) is 0 Å². The molecule has 1 N–H and O–H groups in total. The van der Waals surface area contributed by atoms with Crippen LogP contribution in [0.25, 0.3) is 0 Å². The minimum absolute atomic E-state index is 0.141. The zero-order valence-corrected chi connectivity index (χ0v) is 8.90. The van der Waals surface area contributed by atoms with Crippen LogP contribution in [0.1, 0.15) is 12.8 Å². The summed E-state index contributed by atoms with van der Waals surface area (Å²) < 4.78 is 9.41. The lowest BCUT2D eigenvalue weighted by molar-refractivity contribution is -0.144. The highest BCUT2D eigenvalue weighted by molar-refractivity contribution is 5.71. The summed E-state index contributed by atoms with van der Waals surface area (Å²) in [4.78, 5) is 14.9. The fourth-order valence-corrected chi connectivity index (χ4v) is 1.10. The van der Waals surface area contributed by atoms with E-state index < -0.39 is 0 Å². The molecule has 0 aliphatic rings. The van der Waals surface area contributed by atoms with Crippen LogP contribution in [0.15, 0.2) is 10.9 Å². The van der Waals surface area contributed by atoms with E-state index in [9.17, 15) is 4.79 Å². The third-order valence-electron chi connectivity index (χ3n) is 1.98. The maximum absolute atomic E-state index is 11.0. The highest BCUT2D eigenvalue weighted by atomic mass is 16.5. The summed E-state index contributed by atoms with van der Waals surface area (Å²) in [6.45, 7) is 3.09. The van der Waals surface area contributed by atoms with Gasteiger partial charge < -0.3 is 14.6 Å². The summed E-state index contributed by atoms with van der Waals surface area (Å²) in [5.74, 6) is 0.242. The number of esters is 1. The number of aromatic nitrogens is 2. The minimum atomic E-state index is -0.208. The number of rotatable bonds is 6. The lowest BCUT2D eigenvalue weighted by Gasteiger charge is -2.09. The van der Waals surface area contributed by atoms with Gasteiger partial charge in [0.2, 0.25) is 5.89 Å². The van der Waals surface area contributed by atoms with Gasteiger partial charge in [-0.05, 0) is 0 Å². The Bertz CT molecular complexity index is 287. The number of hydrogen-bond donors (Lipinski definition) is 1. The van der Waals surface area contributed by atoms with Gasteiger partial charge in [-0.15, -0.1) is 0 Å². The molecule has 84 valence electrons. The van der Waals surface area contributed by atoms with Gasteiger partial charge in [-0.3, -0.25) is 4.79 Å². The van der Waals surface area contributed by atoms with E-state index in [4.69, 9.17) is 4.52 Å². The van der Waals surface area contributed by atoms with Crippen molar-refractivity contribution in [1.29, 1.82) is 0 Å². The molecule has 6 nitrogen and oxygen atoms in total. The molecule has 0 amide bonds. The summed E-state index contributed by atoms with van der Waals surface area (Å²) >= 11 is 0. The molecule has 0 aliphatic heterocycles. The molecule has 6 heteroatoms. The molecule has 0 aromatic carbocycles. The first-order valence-corrected chi connectivity index (χ1v) is 4.78. The number of nitrogens with zero attached hydrogens (tertiary/aromatic N) is 2. The fourth-order valence-electron chi connectivity index (χ4n) is 1.10. The van der Waals surface area contributed by atoms with Gasteiger partial charge in [0, 0.05) is 19.5 Å². The van der Waals surface area contributed by atoms with E-state index in [2.05, 4.69) is 20.2 Å². The van der Waals surface area contributed by atoms with E-state index in [-0.39, 0.29) is 11.9 Å². The first kappa shape index (κ1) is 11.6. The van der Waals surface area contributed by atoms with Crippen LogP contribution in [-0.4, -0.2) is 36.3 Å². The van der Waals surface area contributed by atoms with Crippen molar-refractivity contribution in [2.75, 3.05) is 20.2 Å². The van der Waals surface area contributed by atoms with Gasteiger partial charge in [-0.2, -0.15) is 4.98 Å².